The Kier molecular flexibility index (Phi) is 5.57. The lowest BCUT2D eigenvalue weighted by Crippen LogP contribution is -1.97. The fraction of sp³-hybridized carbons (Fsp3) is 0.188. The van der Waals surface area contributed by atoms with Crippen LogP contribution in [0.15, 0.2) is 39.9 Å². The average molecular weight is 397 g/mol. The Morgan fingerprint density at radius 2 is 2.08 bits per heavy atom. The van der Waals surface area contributed by atoms with Gasteiger partial charge in [0, 0.05) is 6.42 Å². The number of halogens is 2. The Labute approximate surface area is 159 Å². The third kappa shape index (κ3) is 4.12. The van der Waals surface area contributed by atoms with Crippen LogP contribution in [0.1, 0.15) is 24.3 Å². The number of nitrogens with zero attached hydrogens (tertiary/aromatic N) is 3. The Balaban J connectivity index is 1.69. The van der Waals surface area contributed by atoms with Crippen LogP contribution in [0.4, 0.5) is 0 Å². The molecule has 130 valence electrons. The van der Waals surface area contributed by atoms with Crippen LogP contribution >= 0.6 is 35.4 Å². The minimum absolute atomic E-state index is 0.197. The number of hydrogen-bond acceptors (Lipinski definition) is 5. The average Bonchev–Trinajstić information content (AvgIpc) is 3.19. The molecule has 2 aromatic heterocycles. The van der Waals surface area contributed by atoms with E-state index in [1.807, 2.05) is 6.92 Å². The van der Waals surface area contributed by atoms with Gasteiger partial charge in [-0.05, 0) is 36.5 Å². The lowest BCUT2D eigenvalue weighted by Gasteiger charge is -2.07. The zero-order chi connectivity index (χ0) is 17.8. The molecule has 0 saturated carbocycles. The van der Waals surface area contributed by atoms with E-state index in [0.29, 0.717) is 38.5 Å². The quantitative estimate of drug-likeness (QED) is 0.476. The molecule has 1 N–H and O–H groups in total. The van der Waals surface area contributed by atoms with Crippen LogP contribution in [0.2, 0.25) is 10.0 Å². The van der Waals surface area contributed by atoms with Gasteiger partial charge in [-0.3, -0.25) is 5.10 Å². The van der Waals surface area contributed by atoms with Gasteiger partial charge in [-0.25, -0.2) is 0 Å². The fourth-order valence-electron chi connectivity index (χ4n) is 2.09. The maximum atomic E-state index is 6.07. The zero-order valence-electron chi connectivity index (χ0n) is 13.2. The summed E-state index contributed by atoms with van der Waals surface area (Å²) in [5.41, 5.74) is 0. The van der Waals surface area contributed by atoms with Crippen LogP contribution in [0, 0.1) is 4.77 Å². The van der Waals surface area contributed by atoms with Gasteiger partial charge in [-0.2, -0.15) is 14.9 Å². The summed E-state index contributed by atoms with van der Waals surface area (Å²) in [6, 6.07) is 8.75. The van der Waals surface area contributed by atoms with Gasteiger partial charge >= 0.3 is 0 Å². The molecule has 3 aromatic rings. The van der Waals surface area contributed by atoms with Gasteiger partial charge in [0.1, 0.15) is 18.1 Å². The number of aromatic nitrogens is 3. The predicted octanol–water partition coefficient (Wildman–Crippen LogP) is 4.86. The molecular weight excluding hydrogens is 383 g/mol. The topological polar surface area (TPSA) is 68.3 Å². The Morgan fingerprint density at radius 3 is 2.80 bits per heavy atom. The lowest BCUT2D eigenvalue weighted by atomic mass is 10.3. The molecular formula is C16H14Cl2N4O2S. The van der Waals surface area contributed by atoms with Gasteiger partial charge in [0.25, 0.3) is 0 Å². The maximum absolute atomic E-state index is 6.07. The molecule has 9 heteroatoms. The van der Waals surface area contributed by atoms with Gasteiger partial charge in [-0.15, -0.1) is 0 Å². The van der Waals surface area contributed by atoms with E-state index in [0.717, 1.165) is 5.82 Å². The number of furan rings is 1. The summed E-state index contributed by atoms with van der Waals surface area (Å²) >= 11 is 17.3. The van der Waals surface area contributed by atoms with Crippen molar-refractivity contribution in [2.24, 2.45) is 5.10 Å². The van der Waals surface area contributed by atoms with Crippen molar-refractivity contribution >= 4 is 41.6 Å². The minimum Gasteiger partial charge on any atom is -0.483 e. The molecule has 0 fully saturated rings. The first-order valence-corrected chi connectivity index (χ1v) is 8.61. The van der Waals surface area contributed by atoms with E-state index in [1.54, 1.807) is 41.2 Å². The van der Waals surface area contributed by atoms with E-state index < -0.39 is 0 Å². The van der Waals surface area contributed by atoms with E-state index in [2.05, 4.69) is 15.3 Å². The molecule has 0 saturated heterocycles. The lowest BCUT2D eigenvalue weighted by molar-refractivity contribution is 0.270. The number of benzene rings is 1. The number of nitrogens with one attached hydrogen (secondary N) is 1. The Bertz CT molecular complexity index is 941. The number of H-pyrrole nitrogens is 1. The molecule has 0 aliphatic heterocycles. The molecule has 0 bridgehead atoms. The Hall–Kier alpha value is -2.09. The van der Waals surface area contributed by atoms with Crippen LogP contribution in [-0.2, 0) is 13.0 Å². The number of hydrogen-bond donors (Lipinski definition) is 1. The van der Waals surface area contributed by atoms with Crippen LogP contribution in [0.3, 0.4) is 0 Å². The largest absolute Gasteiger partial charge is 0.483 e. The summed E-state index contributed by atoms with van der Waals surface area (Å²) in [7, 11) is 0. The summed E-state index contributed by atoms with van der Waals surface area (Å²) in [6.45, 7) is 2.17. The SMILES string of the molecule is CCc1n[nH]c(=S)n1/N=C\c1ccc(COc2c(Cl)cccc2Cl)o1. The van der Waals surface area contributed by atoms with Crippen molar-refractivity contribution in [3.63, 3.8) is 0 Å². The normalized spacial score (nSPS) is 11.3. The van der Waals surface area contributed by atoms with Crippen molar-refractivity contribution in [1.29, 1.82) is 0 Å². The summed E-state index contributed by atoms with van der Waals surface area (Å²) in [5.74, 6) is 2.34. The number of aryl methyl sites for hydroxylation is 1. The number of para-hydroxylation sites is 1. The monoisotopic (exact) mass is 396 g/mol. The second kappa shape index (κ2) is 7.86. The summed E-state index contributed by atoms with van der Waals surface area (Å²) in [4.78, 5) is 0. The molecule has 2 heterocycles. The predicted molar refractivity (Wildman–Crippen MR) is 99.3 cm³/mol. The number of rotatable bonds is 6. The van der Waals surface area contributed by atoms with Crippen molar-refractivity contribution in [2.45, 2.75) is 20.0 Å². The summed E-state index contributed by atoms with van der Waals surface area (Å²) in [6.07, 6.45) is 2.27. The highest BCUT2D eigenvalue weighted by atomic mass is 35.5. The molecule has 0 amide bonds. The molecule has 6 nitrogen and oxygen atoms in total. The number of ether oxygens (including phenoxy) is 1. The van der Waals surface area contributed by atoms with Crippen molar-refractivity contribution in [1.82, 2.24) is 14.9 Å². The van der Waals surface area contributed by atoms with Gasteiger partial charge in [0.2, 0.25) is 4.77 Å². The fourth-order valence-corrected chi connectivity index (χ4v) is 2.80. The Morgan fingerprint density at radius 1 is 1.32 bits per heavy atom. The zero-order valence-corrected chi connectivity index (χ0v) is 15.5. The van der Waals surface area contributed by atoms with Gasteiger partial charge < -0.3 is 9.15 Å². The van der Waals surface area contributed by atoms with E-state index in [4.69, 9.17) is 44.6 Å². The first-order valence-electron chi connectivity index (χ1n) is 7.44. The van der Waals surface area contributed by atoms with Crippen LogP contribution < -0.4 is 4.74 Å². The second-order valence-corrected chi connectivity index (χ2v) is 6.20. The summed E-state index contributed by atoms with van der Waals surface area (Å²) in [5, 5.41) is 12.0. The minimum atomic E-state index is 0.197. The molecule has 25 heavy (non-hydrogen) atoms. The van der Waals surface area contributed by atoms with Crippen molar-refractivity contribution < 1.29 is 9.15 Å². The van der Waals surface area contributed by atoms with Crippen molar-refractivity contribution in [3.05, 3.63) is 62.5 Å². The summed E-state index contributed by atoms with van der Waals surface area (Å²) < 4.78 is 13.3. The molecule has 0 aliphatic rings. The van der Waals surface area contributed by atoms with E-state index in [-0.39, 0.29) is 6.61 Å². The molecule has 0 spiro atoms. The van der Waals surface area contributed by atoms with Gasteiger partial charge in [-0.1, -0.05) is 36.2 Å². The maximum Gasteiger partial charge on any atom is 0.216 e. The van der Waals surface area contributed by atoms with Crippen LogP contribution in [-0.4, -0.2) is 21.1 Å². The highest BCUT2D eigenvalue weighted by Crippen LogP contribution is 2.32. The standard InChI is InChI=1S/C16H14Cl2N4O2S/c1-2-14-20-21-16(25)22(14)19-8-10-6-7-11(24-10)9-23-15-12(17)4-3-5-13(15)18/h3-8H,2,9H2,1H3,(H,21,25)/b19-8-. The molecule has 0 aliphatic carbocycles. The molecule has 3 rings (SSSR count). The number of aromatic amines is 1. The van der Waals surface area contributed by atoms with E-state index >= 15 is 0 Å². The first-order chi connectivity index (χ1) is 12.1. The molecule has 0 atom stereocenters. The van der Waals surface area contributed by atoms with Crippen molar-refractivity contribution in [2.75, 3.05) is 0 Å². The molecule has 0 unspecified atom stereocenters. The molecule has 1 aromatic carbocycles. The van der Waals surface area contributed by atoms with E-state index in [9.17, 15) is 0 Å². The van der Waals surface area contributed by atoms with E-state index in [1.165, 1.54) is 0 Å². The molecule has 0 radical (unpaired) electrons. The third-order valence-corrected chi connectivity index (χ3v) is 4.15. The van der Waals surface area contributed by atoms with Crippen molar-refractivity contribution in [3.8, 4) is 5.75 Å². The van der Waals surface area contributed by atoms with Crippen LogP contribution in [0.5, 0.6) is 5.75 Å². The highest BCUT2D eigenvalue weighted by Gasteiger charge is 2.09. The first kappa shape index (κ1) is 17.7. The smallest absolute Gasteiger partial charge is 0.216 e. The van der Waals surface area contributed by atoms with Gasteiger partial charge in [0.05, 0.1) is 16.3 Å². The third-order valence-electron chi connectivity index (χ3n) is 3.29. The van der Waals surface area contributed by atoms with Crippen LogP contribution in [0.25, 0.3) is 0 Å². The highest BCUT2D eigenvalue weighted by molar-refractivity contribution is 7.71. The van der Waals surface area contributed by atoms with Gasteiger partial charge in [0.15, 0.2) is 11.6 Å². The second-order valence-electron chi connectivity index (χ2n) is 5.00.